The van der Waals surface area contributed by atoms with E-state index in [-0.39, 0.29) is 6.09 Å². The second kappa shape index (κ2) is 3.67. The fourth-order valence-corrected chi connectivity index (χ4v) is 1.72. The third kappa shape index (κ3) is 2.62. The molecular formula is C11H21NO3. The SMILES string of the molecule is CC(C)(C)OC(=O)N1CC[C@H](O)C1(C)C. The van der Waals surface area contributed by atoms with Crippen LogP contribution in [0.5, 0.6) is 0 Å². The summed E-state index contributed by atoms with van der Waals surface area (Å²) >= 11 is 0. The van der Waals surface area contributed by atoms with Crippen molar-refractivity contribution < 1.29 is 14.6 Å². The number of rotatable bonds is 0. The minimum Gasteiger partial charge on any atom is -0.444 e. The van der Waals surface area contributed by atoms with Crippen LogP contribution in [0.1, 0.15) is 41.0 Å². The number of hydrogen-bond acceptors (Lipinski definition) is 3. The van der Waals surface area contributed by atoms with Crippen LogP contribution in [0.3, 0.4) is 0 Å². The topological polar surface area (TPSA) is 49.8 Å². The molecule has 1 atom stereocenters. The predicted octanol–water partition coefficient (Wildman–Crippen LogP) is 1.77. The van der Waals surface area contributed by atoms with Gasteiger partial charge < -0.3 is 14.7 Å². The molecule has 0 saturated carbocycles. The Kier molecular flexibility index (Phi) is 3.01. The fraction of sp³-hybridized carbons (Fsp3) is 0.909. The molecular weight excluding hydrogens is 194 g/mol. The van der Waals surface area contributed by atoms with Crippen molar-refractivity contribution in [3.8, 4) is 0 Å². The van der Waals surface area contributed by atoms with Crippen LogP contribution in [-0.4, -0.2) is 39.9 Å². The van der Waals surface area contributed by atoms with Gasteiger partial charge in [-0.25, -0.2) is 4.79 Å². The highest BCUT2D eigenvalue weighted by Gasteiger charge is 2.44. The number of carbonyl (C=O) groups excluding carboxylic acids is 1. The number of likely N-dealkylation sites (tertiary alicyclic amines) is 1. The number of amides is 1. The van der Waals surface area contributed by atoms with Crippen LogP contribution >= 0.6 is 0 Å². The molecule has 1 fully saturated rings. The molecule has 1 aliphatic heterocycles. The first-order valence-electron chi connectivity index (χ1n) is 5.33. The van der Waals surface area contributed by atoms with Gasteiger partial charge in [0.05, 0.1) is 11.6 Å². The molecule has 0 spiro atoms. The fourth-order valence-electron chi connectivity index (χ4n) is 1.72. The normalized spacial score (nSPS) is 25.5. The average Bonchev–Trinajstić information content (AvgIpc) is 2.23. The molecule has 1 rings (SSSR count). The van der Waals surface area contributed by atoms with E-state index in [2.05, 4.69) is 0 Å². The van der Waals surface area contributed by atoms with Crippen LogP contribution in [0.15, 0.2) is 0 Å². The summed E-state index contributed by atoms with van der Waals surface area (Å²) < 4.78 is 5.28. The molecule has 1 heterocycles. The second-order valence-corrected chi connectivity index (χ2v) is 5.59. The maximum absolute atomic E-state index is 11.8. The summed E-state index contributed by atoms with van der Waals surface area (Å²) in [6.45, 7) is 9.78. The first-order chi connectivity index (χ1) is 6.64. The van der Waals surface area contributed by atoms with Gasteiger partial charge in [-0.2, -0.15) is 0 Å². The van der Waals surface area contributed by atoms with E-state index in [9.17, 15) is 9.90 Å². The Hall–Kier alpha value is -0.770. The van der Waals surface area contributed by atoms with Crippen LogP contribution < -0.4 is 0 Å². The van der Waals surface area contributed by atoms with E-state index in [0.29, 0.717) is 13.0 Å². The lowest BCUT2D eigenvalue weighted by atomic mass is 9.99. The molecule has 1 saturated heterocycles. The Bertz CT molecular complexity index is 255. The summed E-state index contributed by atoms with van der Waals surface area (Å²) in [7, 11) is 0. The predicted molar refractivity (Wildman–Crippen MR) is 57.6 cm³/mol. The molecule has 0 aliphatic carbocycles. The van der Waals surface area contributed by atoms with Crippen molar-refractivity contribution >= 4 is 6.09 Å². The van der Waals surface area contributed by atoms with Gasteiger partial charge in [-0.3, -0.25) is 0 Å². The van der Waals surface area contributed by atoms with Crippen molar-refractivity contribution in [1.82, 2.24) is 4.90 Å². The van der Waals surface area contributed by atoms with Crippen molar-refractivity contribution in [3.63, 3.8) is 0 Å². The summed E-state index contributed by atoms with van der Waals surface area (Å²) in [6, 6.07) is 0. The highest BCUT2D eigenvalue weighted by molar-refractivity contribution is 5.69. The lowest BCUT2D eigenvalue weighted by molar-refractivity contribution is -0.00280. The molecule has 0 aromatic rings. The Labute approximate surface area is 91.2 Å². The van der Waals surface area contributed by atoms with E-state index in [0.717, 1.165) is 0 Å². The monoisotopic (exact) mass is 215 g/mol. The van der Waals surface area contributed by atoms with E-state index in [1.807, 2.05) is 34.6 Å². The Balaban J connectivity index is 2.70. The van der Waals surface area contributed by atoms with Crippen LogP contribution in [0, 0.1) is 0 Å². The number of ether oxygens (including phenoxy) is 1. The van der Waals surface area contributed by atoms with Crippen molar-refractivity contribution in [3.05, 3.63) is 0 Å². The summed E-state index contributed by atoms with van der Waals surface area (Å²) in [5.74, 6) is 0. The third-order valence-electron chi connectivity index (χ3n) is 2.75. The smallest absolute Gasteiger partial charge is 0.410 e. The first kappa shape index (κ1) is 12.3. The highest BCUT2D eigenvalue weighted by atomic mass is 16.6. The quantitative estimate of drug-likeness (QED) is 0.670. The number of aliphatic hydroxyl groups excluding tert-OH is 1. The Morgan fingerprint density at radius 1 is 1.47 bits per heavy atom. The van der Waals surface area contributed by atoms with E-state index < -0.39 is 17.2 Å². The lowest BCUT2D eigenvalue weighted by Gasteiger charge is -2.34. The largest absolute Gasteiger partial charge is 0.444 e. The summed E-state index contributed by atoms with van der Waals surface area (Å²) in [6.07, 6.45) is -0.194. The highest BCUT2D eigenvalue weighted by Crippen LogP contribution is 2.30. The molecule has 0 aromatic carbocycles. The molecule has 0 radical (unpaired) electrons. The zero-order valence-corrected chi connectivity index (χ0v) is 10.2. The van der Waals surface area contributed by atoms with Gasteiger partial charge in [0.15, 0.2) is 0 Å². The minimum absolute atomic E-state index is 0.343. The van der Waals surface area contributed by atoms with Crippen LogP contribution in [0.4, 0.5) is 4.79 Å². The van der Waals surface area contributed by atoms with Gasteiger partial charge in [0.25, 0.3) is 0 Å². The van der Waals surface area contributed by atoms with Gasteiger partial charge in [0, 0.05) is 6.54 Å². The van der Waals surface area contributed by atoms with Gasteiger partial charge in [0.2, 0.25) is 0 Å². The average molecular weight is 215 g/mol. The standard InChI is InChI=1S/C11H21NO3/c1-10(2,3)15-9(14)12-7-6-8(13)11(12,4)5/h8,13H,6-7H2,1-5H3/t8-/m0/s1. The molecule has 1 N–H and O–H groups in total. The maximum atomic E-state index is 11.8. The zero-order chi connectivity index (χ0) is 11.9. The van der Waals surface area contributed by atoms with Gasteiger partial charge >= 0.3 is 6.09 Å². The van der Waals surface area contributed by atoms with Crippen LogP contribution in [-0.2, 0) is 4.74 Å². The van der Waals surface area contributed by atoms with E-state index in [1.165, 1.54) is 0 Å². The van der Waals surface area contributed by atoms with E-state index in [4.69, 9.17) is 4.74 Å². The van der Waals surface area contributed by atoms with Gasteiger partial charge in [-0.1, -0.05) is 0 Å². The number of nitrogens with zero attached hydrogens (tertiary/aromatic N) is 1. The van der Waals surface area contributed by atoms with Gasteiger partial charge in [-0.15, -0.1) is 0 Å². The molecule has 4 nitrogen and oxygen atoms in total. The third-order valence-corrected chi connectivity index (χ3v) is 2.75. The van der Waals surface area contributed by atoms with Crippen molar-refractivity contribution in [2.24, 2.45) is 0 Å². The van der Waals surface area contributed by atoms with Gasteiger partial charge in [-0.05, 0) is 41.0 Å². The molecule has 0 aromatic heterocycles. The van der Waals surface area contributed by atoms with E-state index in [1.54, 1.807) is 4.90 Å². The first-order valence-corrected chi connectivity index (χ1v) is 5.33. The summed E-state index contributed by atoms with van der Waals surface area (Å²) in [5.41, 5.74) is -1.01. The molecule has 0 bridgehead atoms. The van der Waals surface area contributed by atoms with Crippen molar-refractivity contribution in [2.45, 2.75) is 58.3 Å². The molecule has 88 valence electrons. The summed E-state index contributed by atoms with van der Waals surface area (Å²) in [5, 5.41) is 9.73. The van der Waals surface area contributed by atoms with Crippen LogP contribution in [0.2, 0.25) is 0 Å². The summed E-state index contributed by atoms with van der Waals surface area (Å²) in [4.78, 5) is 13.4. The zero-order valence-electron chi connectivity index (χ0n) is 10.2. The molecule has 1 aliphatic rings. The van der Waals surface area contributed by atoms with Crippen LogP contribution in [0.25, 0.3) is 0 Å². The minimum atomic E-state index is -0.525. The number of carbonyl (C=O) groups is 1. The van der Waals surface area contributed by atoms with Crippen molar-refractivity contribution in [2.75, 3.05) is 6.54 Å². The van der Waals surface area contributed by atoms with Crippen molar-refractivity contribution in [1.29, 1.82) is 0 Å². The molecule has 15 heavy (non-hydrogen) atoms. The van der Waals surface area contributed by atoms with E-state index >= 15 is 0 Å². The molecule has 1 amide bonds. The second-order valence-electron chi connectivity index (χ2n) is 5.59. The lowest BCUT2D eigenvalue weighted by Crippen LogP contribution is -2.49. The molecule has 0 unspecified atom stereocenters. The number of aliphatic hydroxyl groups is 1. The maximum Gasteiger partial charge on any atom is 0.410 e. The Morgan fingerprint density at radius 3 is 2.33 bits per heavy atom. The number of hydrogen-bond donors (Lipinski definition) is 1. The van der Waals surface area contributed by atoms with Gasteiger partial charge in [0.1, 0.15) is 5.60 Å². The molecule has 4 heteroatoms. The Morgan fingerprint density at radius 2 is 2.00 bits per heavy atom.